The summed E-state index contributed by atoms with van der Waals surface area (Å²) in [6.07, 6.45) is -3.25. The highest BCUT2D eigenvalue weighted by Crippen LogP contribution is 2.37. The van der Waals surface area contributed by atoms with Crippen LogP contribution >= 0.6 is 11.6 Å². The Hall–Kier alpha value is -3.07. The number of benzene rings is 2. The number of para-hydroxylation sites is 2. The molecule has 0 saturated heterocycles. The van der Waals surface area contributed by atoms with Gasteiger partial charge in [0.25, 0.3) is 0 Å². The van der Waals surface area contributed by atoms with Gasteiger partial charge in [0.1, 0.15) is 5.75 Å². The fraction of sp³-hybridized carbons (Fsp3) is 0.118. The summed E-state index contributed by atoms with van der Waals surface area (Å²) in [5.74, 6) is 0.741. The van der Waals surface area contributed by atoms with Crippen LogP contribution in [-0.2, 0) is 6.18 Å². The van der Waals surface area contributed by atoms with Crippen molar-refractivity contribution in [3.8, 4) is 5.75 Å². The van der Waals surface area contributed by atoms with E-state index in [1.54, 1.807) is 24.3 Å². The minimum absolute atomic E-state index is 0.0292. The monoisotopic (exact) mass is 395 g/mol. The highest BCUT2D eigenvalue weighted by molar-refractivity contribution is 6.30. The first-order chi connectivity index (χ1) is 12.9. The van der Waals surface area contributed by atoms with Gasteiger partial charge in [-0.1, -0.05) is 23.7 Å². The van der Waals surface area contributed by atoms with Crippen LogP contribution in [0, 0.1) is 0 Å². The van der Waals surface area contributed by atoms with E-state index in [4.69, 9.17) is 16.3 Å². The second-order valence-corrected chi connectivity index (χ2v) is 5.74. The number of anilines is 4. The van der Waals surface area contributed by atoms with E-state index in [0.717, 1.165) is 6.07 Å². The Morgan fingerprint density at radius 3 is 2.56 bits per heavy atom. The molecule has 0 amide bonds. The molecule has 3 rings (SSSR count). The van der Waals surface area contributed by atoms with Crippen molar-refractivity contribution in [3.05, 3.63) is 59.2 Å². The lowest BCUT2D eigenvalue weighted by molar-refractivity contribution is -0.136. The van der Waals surface area contributed by atoms with Crippen LogP contribution in [0.5, 0.6) is 5.75 Å². The van der Waals surface area contributed by atoms with E-state index in [-0.39, 0.29) is 22.5 Å². The molecule has 0 aliphatic carbocycles. The molecule has 2 N–H and O–H groups in total. The zero-order chi connectivity index (χ0) is 19.4. The second kappa shape index (κ2) is 7.67. The molecule has 2 aromatic carbocycles. The average molecular weight is 396 g/mol. The Kier molecular flexibility index (Phi) is 5.31. The van der Waals surface area contributed by atoms with Crippen molar-refractivity contribution in [1.82, 2.24) is 15.2 Å². The number of hydrogen-bond donors (Lipinski definition) is 2. The molecule has 0 aliphatic rings. The highest BCUT2D eigenvalue weighted by atomic mass is 35.5. The fourth-order valence-electron chi connectivity index (χ4n) is 2.28. The minimum atomic E-state index is -4.59. The van der Waals surface area contributed by atoms with E-state index in [2.05, 4.69) is 25.8 Å². The van der Waals surface area contributed by atoms with E-state index >= 15 is 0 Å². The van der Waals surface area contributed by atoms with Crippen LogP contribution in [0.2, 0.25) is 5.02 Å². The first-order valence-corrected chi connectivity index (χ1v) is 7.98. The highest BCUT2D eigenvalue weighted by Gasteiger charge is 2.34. The van der Waals surface area contributed by atoms with Crippen LogP contribution in [0.1, 0.15) is 5.56 Å². The predicted octanol–water partition coefficient (Wildman–Crippen LogP) is 5.04. The van der Waals surface area contributed by atoms with Gasteiger partial charge in [-0.3, -0.25) is 0 Å². The second-order valence-electron chi connectivity index (χ2n) is 5.30. The van der Waals surface area contributed by atoms with Gasteiger partial charge in [-0.05, 0) is 30.3 Å². The predicted molar refractivity (Wildman–Crippen MR) is 95.8 cm³/mol. The van der Waals surface area contributed by atoms with Crippen LogP contribution in [0.25, 0.3) is 0 Å². The molecule has 140 valence electrons. The van der Waals surface area contributed by atoms with Crippen LogP contribution in [0.3, 0.4) is 0 Å². The Bertz CT molecular complexity index is 952. The molecule has 3 aromatic rings. The van der Waals surface area contributed by atoms with Gasteiger partial charge in [0.2, 0.25) is 5.95 Å². The Morgan fingerprint density at radius 2 is 1.81 bits per heavy atom. The number of nitrogens with zero attached hydrogens (tertiary/aromatic N) is 3. The molecule has 0 bridgehead atoms. The Balaban J connectivity index is 1.87. The van der Waals surface area contributed by atoms with Crippen molar-refractivity contribution >= 4 is 34.7 Å². The number of nitrogens with one attached hydrogen (secondary N) is 2. The summed E-state index contributed by atoms with van der Waals surface area (Å²) in [7, 11) is 1.52. The number of methoxy groups -OCH3 is 1. The third-order valence-corrected chi connectivity index (χ3v) is 3.70. The van der Waals surface area contributed by atoms with Gasteiger partial charge in [-0.15, -0.1) is 5.10 Å². The lowest BCUT2D eigenvalue weighted by Crippen LogP contribution is -2.10. The molecule has 27 heavy (non-hydrogen) atoms. The van der Waals surface area contributed by atoms with Crippen LogP contribution < -0.4 is 15.4 Å². The first kappa shape index (κ1) is 18.7. The van der Waals surface area contributed by atoms with Crippen LogP contribution in [-0.4, -0.2) is 22.3 Å². The van der Waals surface area contributed by atoms with Crippen molar-refractivity contribution in [1.29, 1.82) is 0 Å². The summed E-state index contributed by atoms with van der Waals surface area (Å²) in [6.45, 7) is 0. The molecule has 0 aliphatic heterocycles. The molecular weight excluding hydrogens is 383 g/mol. The topological polar surface area (TPSA) is 72.0 Å². The minimum Gasteiger partial charge on any atom is -0.495 e. The van der Waals surface area contributed by atoms with Crippen molar-refractivity contribution < 1.29 is 17.9 Å². The van der Waals surface area contributed by atoms with E-state index in [0.29, 0.717) is 11.4 Å². The smallest absolute Gasteiger partial charge is 0.418 e. The van der Waals surface area contributed by atoms with Gasteiger partial charge in [0.05, 0.1) is 30.2 Å². The third kappa shape index (κ3) is 4.56. The molecule has 0 fully saturated rings. The summed E-state index contributed by atoms with van der Waals surface area (Å²) >= 11 is 5.68. The van der Waals surface area contributed by atoms with Crippen molar-refractivity contribution in [2.75, 3.05) is 17.7 Å². The molecule has 0 spiro atoms. The largest absolute Gasteiger partial charge is 0.495 e. The summed E-state index contributed by atoms with van der Waals surface area (Å²) in [6, 6.07) is 10.5. The quantitative estimate of drug-likeness (QED) is 0.630. The van der Waals surface area contributed by atoms with Gasteiger partial charge in [-0.2, -0.15) is 23.3 Å². The summed E-state index contributed by atoms with van der Waals surface area (Å²) < 4.78 is 44.8. The number of rotatable bonds is 5. The van der Waals surface area contributed by atoms with Gasteiger partial charge in [0.15, 0.2) is 5.82 Å². The van der Waals surface area contributed by atoms with Crippen molar-refractivity contribution in [3.63, 3.8) is 0 Å². The molecule has 6 nitrogen and oxygen atoms in total. The summed E-state index contributed by atoms with van der Waals surface area (Å²) in [5.41, 5.74) is -0.543. The van der Waals surface area contributed by atoms with Crippen molar-refractivity contribution in [2.45, 2.75) is 6.18 Å². The van der Waals surface area contributed by atoms with Crippen LogP contribution in [0.15, 0.2) is 48.7 Å². The normalized spacial score (nSPS) is 11.1. The van der Waals surface area contributed by atoms with E-state index in [1.165, 1.54) is 25.4 Å². The summed E-state index contributed by atoms with van der Waals surface area (Å²) in [5, 5.41) is 13.0. The SMILES string of the molecule is COc1ccccc1Nc1cnnc(Nc2ccc(Cl)cc2C(F)(F)F)n1. The average Bonchev–Trinajstić information content (AvgIpc) is 2.63. The standard InChI is InChI=1S/C17H13ClF3N5O/c1-27-14-5-3-2-4-13(14)23-15-9-22-26-16(25-15)24-12-7-6-10(18)8-11(12)17(19,20)21/h2-9H,1H3,(H2,23,24,25,26). The van der Waals surface area contributed by atoms with Crippen molar-refractivity contribution in [2.24, 2.45) is 0 Å². The Labute approximate surface area is 157 Å². The third-order valence-electron chi connectivity index (χ3n) is 3.46. The van der Waals surface area contributed by atoms with Gasteiger partial charge < -0.3 is 15.4 Å². The first-order valence-electron chi connectivity index (χ1n) is 7.60. The molecule has 0 unspecified atom stereocenters. The maximum Gasteiger partial charge on any atom is 0.418 e. The molecular formula is C17H13ClF3N5O. The van der Waals surface area contributed by atoms with E-state index in [9.17, 15) is 13.2 Å². The molecule has 1 heterocycles. The molecule has 0 radical (unpaired) electrons. The Morgan fingerprint density at radius 1 is 1.04 bits per heavy atom. The van der Waals surface area contributed by atoms with Gasteiger partial charge in [-0.25, -0.2) is 0 Å². The number of alkyl halides is 3. The zero-order valence-electron chi connectivity index (χ0n) is 13.9. The number of ether oxygens (including phenoxy) is 1. The zero-order valence-corrected chi connectivity index (χ0v) is 14.6. The van der Waals surface area contributed by atoms with Gasteiger partial charge in [0, 0.05) is 5.02 Å². The van der Waals surface area contributed by atoms with Crippen LogP contribution in [0.4, 0.5) is 36.3 Å². The molecule has 10 heteroatoms. The summed E-state index contributed by atoms with van der Waals surface area (Å²) in [4.78, 5) is 4.13. The lowest BCUT2D eigenvalue weighted by atomic mass is 10.1. The molecule has 0 saturated carbocycles. The van der Waals surface area contributed by atoms with E-state index < -0.39 is 11.7 Å². The van der Waals surface area contributed by atoms with Gasteiger partial charge >= 0.3 is 6.18 Å². The van der Waals surface area contributed by atoms with E-state index in [1.807, 2.05) is 0 Å². The molecule has 1 aromatic heterocycles. The number of aromatic nitrogens is 3. The molecule has 0 atom stereocenters. The maximum atomic E-state index is 13.2. The lowest BCUT2D eigenvalue weighted by Gasteiger charge is -2.14. The maximum absolute atomic E-state index is 13.2. The fourth-order valence-corrected chi connectivity index (χ4v) is 2.46. The number of halogens is 4. The number of hydrogen-bond acceptors (Lipinski definition) is 6.